The Kier molecular flexibility index (Phi) is 4.12. The summed E-state index contributed by atoms with van der Waals surface area (Å²) in [5.74, 6) is 1.94. The van der Waals surface area contributed by atoms with Crippen LogP contribution in [0.5, 0.6) is 0 Å². The number of Topliss-reactive ketones (excluding diaryl/α,β-unsaturated/α-hetero) is 1. The topological polar surface area (TPSA) is 60.4 Å². The predicted octanol–water partition coefficient (Wildman–Crippen LogP) is 3.63. The van der Waals surface area contributed by atoms with Crippen LogP contribution in [-0.2, 0) is 19.1 Å². The third-order valence-electron chi connectivity index (χ3n) is 7.69. The van der Waals surface area contributed by atoms with Gasteiger partial charge in [0.2, 0.25) is 0 Å². The molecule has 0 aromatic carbocycles. The quantitative estimate of drug-likeness (QED) is 0.718. The maximum absolute atomic E-state index is 12.6. The number of hydrogen-bond acceptors (Lipinski definition) is 4. The zero-order valence-corrected chi connectivity index (χ0v) is 15.3. The standard InChI is InChI=1S/C21H28O4/c1-3-21-9-8-16-15(17(21)6-7-19(21)24)5-4-13-10-14(23)11-18(20(13)16)25-12(2)22/h10,15-18,20H,3-9,11H2,1-2H3/t15-,16+,17+,18?,20+,21+/m1/s1. The van der Waals surface area contributed by atoms with Gasteiger partial charge in [0.15, 0.2) is 5.78 Å². The van der Waals surface area contributed by atoms with E-state index >= 15 is 0 Å². The highest BCUT2D eigenvalue weighted by Crippen LogP contribution is 2.62. The van der Waals surface area contributed by atoms with Gasteiger partial charge in [-0.2, -0.15) is 0 Å². The highest BCUT2D eigenvalue weighted by molar-refractivity contribution is 5.92. The fourth-order valence-electron chi connectivity index (χ4n) is 6.78. The maximum atomic E-state index is 12.6. The van der Waals surface area contributed by atoms with Crippen molar-refractivity contribution in [1.29, 1.82) is 0 Å². The van der Waals surface area contributed by atoms with Crippen LogP contribution in [0.4, 0.5) is 0 Å². The normalized spacial score (nSPS) is 43.0. The van der Waals surface area contributed by atoms with Crippen molar-refractivity contribution < 1.29 is 19.1 Å². The number of carbonyl (C=O) groups excluding carboxylic acids is 3. The Bertz CT molecular complexity index is 648. The molecule has 3 fully saturated rings. The highest BCUT2D eigenvalue weighted by Gasteiger charge is 2.58. The summed E-state index contributed by atoms with van der Waals surface area (Å²) in [5.41, 5.74) is 1.10. The van der Waals surface area contributed by atoms with Crippen LogP contribution in [0.3, 0.4) is 0 Å². The first-order valence-electron chi connectivity index (χ1n) is 9.90. The van der Waals surface area contributed by atoms with E-state index in [1.54, 1.807) is 0 Å². The summed E-state index contributed by atoms with van der Waals surface area (Å²) >= 11 is 0. The van der Waals surface area contributed by atoms with E-state index in [2.05, 4.69) is 6.92 Å². The summed E-state index contributed by atoms with van der Waals surface area (Å²) in [6.45, 7) is 3.60. The summed E-state index contributed by atoms with van der Waals surface area (Å²) in [6, 6.07) is 0. The first kappa shape index (κ1) is 17.0. The molecule has 4 rings (SSSR count). The average Bonchev–Trinajstić information content (AvgIpc) is 2.91. The van der Waals surface area contributed by atoms with Gasteiger partial charge in [-0.15, -0.1) is 0 Å². The second-order valence-corrected chi connectivity index (χ2v) is 8.55. The molecule has 0 saturated heterocycles. The van der Waals surface area contributed by atoms with Crippen molar-refractivity contribution in [2.75, 3.05) is 0 Å². The second-order valence-electron chi connectivity index (χ2n) is 8.55. The molecule has 136 valence electrons. The van der Waals surface area contributed by atoms with Gasteiger partial charge in [-0.25, -0.2) is 0 Å². The monoisotopic (exact) mass is 344 g/mol. The number of carbonyl (C=O) groups is 3. The average molecular weight is 344 g/mol. The molecule has 4 nitrogen and oxygen atoms in total. The predicted molar refractivity (Wildman–Crippen MR) is 92.7 cm³/mol. The number of ketones is 2. The molecule has 0 spiro atoms. The van der Waals surface area contributed by atoms with E-state index in [0.29, 0.717) is 30.0 Å². The van der Waals surface area contributed by atoms with Crippen LogP contribution in [0.1, 0.15) is 65.2 Å². The number of hydrogen-bond donors (Lipinski definition) is 0. The van der Waals surface area contributed by atoms with E-state index in [4.69, 9.17) is 4.74 Å². The van der Waals surface area contributed by atoms with Crippen molar-refractivity contribution in [2.45, 2.75) is 71.3 Å². The Morgan fingerprint density at radius 3 is 2.72 bits per heavy atom. The van der Waals surface area contributed by atoms with Crippen LogP contribution in [0, 0.1) is 29.1 Å². The molecule has 4 aliphatic carbocycles. The third kappa shape index (κ3) is 2.51. The number of ether oxygens (including phenoxy) is 1. The summed E-state index contributed by atoms with van der Waals surface area (Å²) in [4.78, 5) is 36.3. The molecule has 6 atom stereocenters. The zero-order valence-electron chi connectivity index (χ0n) is 15.3. The molecule has 4 aliphatic rings. The van der Waals surface area contributed by atoms with Gasteiger partial charge in [0.1, 0.15) is 11.9 Å². The lowest BCUT2D eigenvalue weighted by atomic mass is 9.51. The van der Waals surface area contributed by atoms with Gasteiger partial charge in [-0.3, -0.25) is 14.4 Å². The Labute approximate surface area is 149 Å². The van der Waals surface area contributed by atoms with E-state index in [0.717, 1.165) is 44.9 Å². The van der Waals surface area contributed by atoms with Gasteiger partial charge in [0, 0.05) is 31.1 Å². The van der Waals surface area contributed by atoms with Crippen LogP contribution in [0.15, 0.2) is 11.6 Å². The van der Waals surface area contributed by atoms with Gasteiger partial charge in [0.25, 0.3) is 0 Å². The van der Waals surface area contributed by atoms with Crippen LogP contribution in [0.25, 0.3) is 0 Å². The van der Waals surface area contributed by atoms with Crippen molar-refractivity contribution >= 4 is 17.5 Å². The Balaban J connectivity index is 1.67. The van der Waals surface area contributed by atoms with Crippen molar-refractivity contribution in [1.82, 2.24) is 0 Å². The van der Waals surface area contributed by atoms with Gasteiger partial charge >= 0.3 is 5.97 Å². The molecular formula is C21H28O4. The largest absolute Gasteiger partial charge is 0.461 e. The molecule has 0 N–H and O–H groups in total. The third-order valence-corrected chi connectivity index (χ3v) is 7.69. The minimum atomic E-state index is -0.302. The van der Waals surface area contributed by atoms with E-state index in [1.165, 1.54) is 12.5 Å². The molecule has 4 heteroatoms. The number of rotatable bonds is 2. The molecule has 3 saturated carbocycles. The zero-order chi connectivity index (χ0) is 17.8. The molecule has 0 radical (unpaired) electrons. The fourth-order valence-corrected chi connectivity index (χ4v) is 6.78. The molecule has 0 amide bonds. The van der Waals surface area contributed by atoms with Crippen molar-refractivity contribution in [3.63, 3.8) is 0 Å². The molecule has 0 heterocycles. The Hall–Kier alpha value is -1.45. The Morgan fingerprint density at radius 1 is 1.20 bits per heavy atom. The van der Waals surface area contributed by atoms with Crippen molar-refractivity contribution in [3.8, 4) is 0 Å². The minimum Gasteiger partial charge on any atom is -0.461 e. The molecule has 0 aromatic rings. The summed E-state index contributed by atoms with van der Waals surface area (Å²) in [7, 11) is 0. The lowest BCUT2D eigenvalue weighted by Crippen LogP contribution is -2.51. The summed E-state index contributed by atoms with van der Waals surface area (Å²) in [6.07, 6.45) is 8.54. The minimum absolute atomic E-state index is 0.0886. The first-order valence-corrected chi connectivity index (χ1v) is 9.90. The maximum Gasteiger partial charge on any atom is 0.302 e. The van der Waals surface area contributed by atoms with Crippen LogP contribution >= 0.6 is 0 Å². The molecule has 1 unspecified atom stereocenters. The van der Waals surface area contributed by atoms with E-state index < -0.39 is 0 Å². The van der Waals surface area contributed by atoms with Gasteiger partial charge in [-0.05, 0) is 62.4 Å². The molecule has 0 aromatic heterocycles. The van der Waals surface area contributed by atoms with E-state index in [1.807, 2.05) is 6.08 Å². The number of esters is 1. The summed E-state index contributed by atoms with van der Waals surface area (Å²) < 4.78 is 5.60. The lowest BCUT2D eigenvalue weighted by Gasteiger charge is -2.54. The van der Waals surface area contributed by atoms with E-state index in [9.17, 15) is 14.4 Å². The van der Waals surface area contributed by atoms with Crippen LogP contribution in [0.2, 0.25) is 0 Å². The smallest absolute Gasteiger partial charge is 0.302 e. The number of fused-ring (bicyclic) bond motifs is 5. The van der Waals surface area contributed by atoms with Crippen molar-refractivity contribution in [3.05, 3.63) is 11.6 Å². The molecule has 0 aliphatic heterocycles. The molecule has 0 bridgehead atoms. The van der Waals surface area contributed by atoms with Crippen LogP contribution < -0.4 is 0 Å². The van der Waals surface area contributed by atoms with Gasteiger partial charge < -0.3 is 4.74 Å². The molecule has 25 heavy (non-hydrogen) atoms. The SMILES string of the molecule is CC[C@]12CC[C@H]3[C@@H](CCC4=CC(=O)CC(OC(C)=O)[C@@H]43)[C@@H]1CCC2=O. The Morgan fingerprint density at radius 2 is 2.00 bits per heavy atom. The fraction of sp³-hybridized carbons (Fsp3) is 0.762. The van der Waals surface area contributed by atoms with E-state index in [-0.39, 0.29) is 29.2 Å². The highest BCUT2D eigenvalue weighted by atomic mass is 16.5. The first-order chi connectivity index (χ1) is 12.0. The van der Waals surface area contributed by atoms with Gasteiger partial charge in [-0.1, -0.05) is 12.5 Å². The summed E-state index contributed by atoms with van der Waals surface area (Å²) in [5, 5.41) is 0. The second kappa shape index (κ2) is 6.07. The van der Waals surface area contributed by atoms with Crippen molar-refractivity contribution in [2.24, 2.45) is 29.1 Å². The molecular weight excluding hydrogens is 316 g/mol. The van der Waals surface area contributed by atoms with Crippen LogP contribution in [-0.4, -0.2) is 23.6 Å². The lowest BCUT2D eigenvalue weighted by molar-refractivity contribution is -0.154. The van der Waals surface area contributed by atoms with Gasteiger partial charge in [0.05, 0.1) is 0 Å².